The van der Waals surface area contributed by atoms with E-state index >= 15 is 0 Å². The standard InChI is InChI=1S/C20H13N3O7S2/c1-2-7-21-18(24)17(32-20(21)31)8-12-3-5-16(6-4-12)30-19(25)13-9-14(22(26)27)11-15(10-13)23(28)29/h2-6,8-11H,1,7H2/b17-8+. The van der Waals surface area contributed by atoms with Crippen molar-refractivity contribution < 1.29 is 24.2 Å². The second kappa shape index (κ2) is 9.49. The van der Waals surface area contributed by atoms with Crippen LogP contribution in [0.5, 0.6) is 5.75 Å². The van der Waals surface area contributed by atoms with Crippen molar-refractivity contribution >= 4 is 57.6 Å². The molecule has 1 aliphatic heterocycles. The highest BCUT2D eigenvalue weighted by Crippen LogP contribution is 2.32. The highest BCUT2D eigenvalue weighted by molar-refractivity contribution is 8.26. The predicted octanol–water partition coefficient (Wildman–Crippen LogP) is 4.11. The van der Waals surface area contributed by atoms with Gasteiger partial charge in [0.1, 0.15) is 10.1 Å². The van der Waals surface area contributed by atoms with Gasteiger partial charge in [-0.3, -0.25) is 29.9 Å². The molecular formula is C20H13N3O7S2. The molecule has 3 rings (SSSR count). The lowest BCUT2D eigenvalue weighted by molar-refractivity contribution is -0.394. The molecule has 0 aromatic heterocycles. The molecule has 32 heavy (non-hydrogen) atoms. The van der Waals surface area contributed by atoms with Gasteiger partial charge in [-0.05, 0) is 23.8 Å². The van der Waals surface area contributed by atoms with E-state index < -0.39 is 27.2 Å². The van der Waals surface area contributed by atoms with E-state index in [9.17, 15) is 29.8 Å². The molecule has 0 radical (unpaired) electrons. The Morgan fingerprint density at radius 2 is 1.72 bits per heavy atom. The topological polar surface area (TPSA) is 133 Å². The fraction of sp³-hybridized carbons (Fsp3) is 0.0500. The van der Waals surface area contributed by atoms with E-state index in [-0.39, 0.29) is 17.2 Å². The fourth-order valence-corrected chi connectivity index (χ4v) is 3.93. The summed E-state index contributed by atoms with van der Waals surface area (Å²) in [6, 6.07) is 8.66. The Balaban J connectivity index is 1.77. The van der Waals surface area contributed by atoms with Crippen molar-refractivity contribution in [1.29, 1.82) is 0 Å². The van der Waals surface area contributed by atoms with E-state index in [0.29, 0.717) is 21.3 Å². The first-order chi connectivity index (χ1) is 15.2. The van der Waals surface area contributed by atoms with Gasteiger partial charge in [0.2, 0.25) is 0 Å². The number of hydrogen-bond acceptors (Lipinski definition) is 9. The first kappa shape index (κ1) is 22.8. The Kier molecular flexibility index (Phi) is 6.76. The Bertz CT molecular complexity index is 1160. The summed E-state index contributed by atoms with van der Waals surface area (Å²) in [6.07, 6.45) is 3.21. The highest BCUT2D eigenvalue weighted by Gasteiger charge is 2.30. The minimum absolute atomic E-state index is 0.112. The fourth-order valence-electron chi connectivity index (χ4n) is 2.66. The summed E-state index contributed by atoms with van der Waals surface area (Å²) in [7, 11) is 0. The molecule has 0 spiro atoms. The summed E-state index contributed by atoms with van der Waals surface area (Å²) < 4.78 is 5.59. The summed E-state index contributed by atoms with van der Waals surface area (Å²) >= 11 is 6.34. The molecule has 0 atom stereocenters. The molecule has 0 bridgehead atoms. The van der Waals surface area contributed by atoms with Crippen molar-refractivity contribution in [2.75, 3.05) is 6.54 Å². The number of amides is 1. The predicted molar refractivity (Wildman–Crippen MR) is 121 cm³/mol. The zero-order valence-electron chi connectivity index (χ0n) is 16.1. The molecule has 0 aliphatic carbocycles. The molecule has 162 valence electrons. The van der Waals surface area contributed by atoms with Gasteiger partial charge in [0, 0.05) is 18.7 Å². The lowest BCUT2D eigenvalue weighted by Crippen LogP contribution is -2.27. The van der Waals surface area contributed by atoms with Gasteiger partial charge in [-0.25, -0.2) is 4.79 Å². The molecular weight excluding hydrogens is 458 g/mol. The third-order valence-electron chi connectivity index (χ3n) is 4.13. The Labute approximate surface area is 190 Å². The number of carbonyl (C=O) groups excluding carboxylic acids is 2. The van der Waals surface area contributed by atoms with Gasteiger partial charge in [0.05, 0.1) is 26.4 Å². The number of hydrogen-bond donors (Lipinski definition) is 0. The summed E-state index contributed by atoms with van der Waals surface area (Å²) in [6.45, 7) is 3.91. The molecule has 2 aromatic rings. The van der Waals surface area contributed by atoms with Crippen molar-refractivity contribution in [3.05, 3.63) is 91.4 Å². The van der Waals surface area contributed by atoms with Crippen molar-refractivity contribution in [2.45, 2.75) is 0 Å². The molecule has 0 N–H and O–H groups in total. The molecule has 1 amide bonds. The molecule has 12 heteroatoms. The first-order valence-electron chi connectivity index (χ1n) is 8.82. The SMILES string of the molecule is C=CCN1C(=O)/C(=C\c2ccc(OC(=O)c3cc([N+](=O)[O-])cc([N+](=O)[O-])c3)cc2)SC1=S. The van der Waals surface area contributed by atoms with Crippen LogP contribution >= 0.6 is 24.0 Å². The number of carbonyl (C=O) groups is 2. The van der Waals surface area contributed by atoms with Crippen LogP contribution in [0.4, 0.5) is 11.4 Å². The van der Waals surface area contributed by atoms with E-state index in [0.717, 1.165) is 30.0 Å². The number of benzene rings is 2. The molecule has 1 saturated heterocycles. The number of nitro groups is 2. The zero-order chi connectivity index (χ0) is 23.4. The van der Waals surface area contributed by atoms with Crippen LogP contribution < -0.4 is 4.74 Å². The largest absolute Gasteiger partial charge is 0.423 e. The Hall–Kier alpha value is -3.90. The number of thiocarbonyl (C=S) groups is 1. The third-order valence-corrected chi connectivity index (χ3v) is 5.51. The van der Waals surface area contributed by atoms with E-state index in [1.165, 1.54) is 17.0 Å². The Morgan fingerprint density at radius 1 is 1.12 bits per heavy atom. The maximum atomic E-state index is 12.4. The maximum absolute atomic E-state index is 12.4. The van der Waals surface area contributed by atoms with Gasteiger partial charge < -0.3 is 4.74 Å². The van der Waals surface area contributed by atoms with Crippen LogP contribution in [-0.2, 0) is 4.79 Å². The van der Waals surface area contributed by atoms with Crippen LogP contribution in [0.1, 0.15) is 15.9 Å². The number of non-ortho nitro benzene ring substituents is 2. The van der Waals surface area contributed by atoms with Crippen LogP contribution in [0.25, 0.3) is 6.08 Å². The number of rotatable bonds is 7. The minimum atomic E-state index is -0.991. The van der Waals surface area contributed by atoms with Crippen LogP contribution in [0.3, 0.4) is 0 Å². The maximum Gasteiger partial charge on any atom is 0.344 e. The van der Waals surface area contributed by atoms with Crippen LogP contribution in [0.2, 0.25) is 0 Å². The number of thioether (sulfide) groups is 1. The smallest absolute Gasteiger partial charge is 0.344 e. The molecule has 0 saturated carbocycles. The summed E-state index contributed by atoms with van der Waals surface area (Å²) in [5.74, 6) is -1.11. The number of esters is 1. The van der Waals surface area contributed by atoms with E-state index in [2.05, 4.69) is 6.58 Å². The van der Waals surface area contributed by atoms with Gasteiger partial charge in [-0.2, -0.15) is 0 Å². The molecule has 1 aliphatic rings. The van der Waals surface area contributed by atoms with Gasteiger partial charge in [0.25, 0.3) is 17.3 Å². The van der Waals surface area contributed by atoms with Crippen molar-refractivity contribution in [3.63, 3.8) is 0 Å². The quantitative estimate of drug-likeness (QED) is 0.111. The number of nitro benzene ring substituents is 2. The average molecular weight is 471 g/mol. The second-order valence-corrected chi connectivity index (χ2v) is 7.97. The van der Waals surface area contributed by atoms with Crippen LogP contribution in [-0.4, -0.2) is 37.5 Å². The first-order valence-corrected chi connectivity index (χ1v) is 10.0. The van der Waals surface area contributed by atoms with Crippen LogP contribution in [0.15, 0.2) is 60.0 Å². The van der Waals surface area contributed by atoms with Crippen molar-refractivity contribution in [1.82, 2.24) is 4.90 Å². The van der Waals surface area contributed by atoms with Gasteiger partial charge in [-0.1, -0.05) is 42.2 Å². The van der Waals surface area contributed by atoms with Crippen molar-refractivity contribution in [2.24, 2.45) is 0 Å². The molecule has 0 unspecified atom stereocenters. The molecule has 1 fully saturated rings. The monoisotopic (exact) mass is 471 g/mol. The van der Waals surface area contributed by atoms with Gasteiger partial charge >= 0.3 is 5.97 Å². The molecule has 10 nitrogen and oxygen atoms in total. The zero-order valence-corrected chi connectivity index (χ0v) is 17.8. The Morgan fingerprint density at radius 3 is 2.25 bits per heavy atom. The van der Waals surface area contributed by atoms with Gasteiger partial charge in [-0.15, -0.1) is 6.58 Å². The lowest BCUT2D eigenvalue weighted by Gasteiger charge is -2.10. The third kappa shape index (κ3) is 5.04. The second-order valence-electron chi connectivity index (χ2n) is 6.29. The average Bonchev–Trinajstić information content (AvgIpc) is 3.02. The number of ether oxygens (including phenoxy) is 1. The van der Waals surface area contributed by atoms with E-state index in [4.69, 9.17) is 17.0 Å². The van der Waals surface area contributed by atoms with E-state index in [1.807, 2.05) is 0 Å². The lowest BCUT2D eigenvalue weighted by atomic mass is 10.1. The van der Waals surface area contributed by atoms with Gasteiger partial charge in [0.15, 0.2) is 0 Å². The van der Waals surface area contributed by atoms with E-state index in [1.54, 1.807) is 24.3 Å². The minimum Gasteiger partial charge on any atom is -0.423 e. The number of nitrogens with zero attached hydrogens (tertiary/aromatic N) is 3. The molecule has 2 aromatic carbocycles. The highest BCUT2D eigenvalue weighted by atomic mass is 32.2. The molecule has 1 heterocycles. The summed E-state index contributed by atoms with van der Waals surface area (Å²) in [4.78, 5) is 46.8. The van der Waals surface area contributed by atoms with Crippen LogP contribution in [0, 0.1) is 20.2 Å². The summed E-state index contributed by atoms with van der Waals surface area (Å²) in [5, 5.41) is 21.9. The summed E-state index contributed by atoms with van der Waals surface area (Å²) in [5.41, 5.74) is -0.888. The van der Waals surface area contributed by atoms with Crippen molar-refractivity contribution in [3.8, 4) is 5.75 Å². The normalized spacial score (nSPS) is 14.5.